The summed E-state index contributed by atoms with van der Waals surface area (Å²) in [4.78, 5) is 12.2. The van der Waals surface area contributed by atoms with Crippen LogP contribution in [0.1, 0.15) is 39.4 Å². The lowest BCUT2D eigenvalue weighted by Crippen LogP contribution is -2.41. The van der Waals surface area contributed by atoms with E-state index in [9.17, 15) is 4.79 Å². The van der Waals surface area contributed by atoms with Crippen LogP contribution in [0.3, 0.4) is 0 Å². The van der Waals surface area contributed by atoms with E-state index in [-0.39, 0.29) is 17.1 Å². The summed E-state index contributed by atoms with van der Waals surface area (Å²) in [6, 6.07) is 14.0. The maximum Gasteiger partial charge on any atom is 0.494 e. The average Bonchev–Trinajstić information content (AvgIpc) is 2.98. The molecule has 2 heterocycles. The van der Waals surface area contributed by atoms with E-state index in [2.05, 4.69) is 6.07 Å². The zero-order valence-corrected chi connectivity index (χ0v) is 15.3. The van der Waals surface area contributed by atoms with Gasteiger partial charge in [-0.1, -0.05) is 30.3 Å². The van der Waals surface area contributed by atoms with Crippen LogP contribution in [0.25, 0.3) is 21.8 Å². The van der Waals surface area contributed by atoms with Gasteiger partial charge in [0.15, 0.2) is 0 Å². The van der Waals surface area contributed by atoms with Crippen LogP contribution >= 0.6 is 0 Å². The predicted molar refractivity (Wildman–Crippen MR) is 101 cm³/mol. The molecule has 1 aliphatic rings. The molecule has 0 radical (unpaired) electrons. The van der Waals surface area contributed by atoms with Crippen LogP contribution in [-0.2, 0) is 9.31 Å². The summed E-state index contributed by atoms with van der Waals surface area (Å²) in [6.45, 7) is 9.79. The molecule has 0 saturated carbocycles. The Morgan fingerprint density at radius 3 is 2.16 bits per heavy atom. The van der Waals surface area contributed by atoms with Crippen molar-refractivity contribution >= 4 is 40.3 Å². The first kappa shape index (κ1) is 16.4. The van der Waals surface area contributed by atoms with Crippen LogP contribution in [0.15, 0.2) is 42.5 Å². The van der Waals surface area contributed by atoms with E-state index in [1.165, 1.54) is 0 Å². The maximum absolute atomic E-state index is 12.2. The number of para-hydroxylation sites is 1. The van der Waals surface area contributed by atoms with Gasteiger partial charge in [0.05, 0.1) is 22.2 Å². The monoisotopic (exact) mass is 335 g/mol. The molecule has 1 saturated heterocycles. The number of benzene rings is 2. The third-order valence-electron chi connectivity index (χ3n) is 5.54. The minimum absolute atomic E-state index is 0.00887. The number of carbonyl (C=O) groups is 1. The first-order chi connectivity index (χ1) is 11.7. The van der Waals surface area contributed by atoms with E-state index in [0.29, 0.717) is 0 Å². The Balaban J connectivity index is 1.90. The lowest BCUT2D eigenvalue weighted by atomic mass is 9.78. The predicted octanol–water partition coefficient (Wildman–Crippen LogP) is 3.75. The van der Waals surface area contributed by atoms with E-state index in [1.807, 2.05) is 64.1 Å². The number of fused-ring (bicyclic) bond motifs is 3. The third kappa shape index (κ3) is 2.34. The molecule has 4 nitrogen and oxygen atoms in total. The minimum Gasteiger partial charge on any atom is -0.399 e. The molecule has 0 amide bonds. The highest BCUT2D eigenvalue weighted by molar-refractivity contribution is 6.62. The second-order valence-electron chi connectivity index (χ2n) is 7.74. The van der Waals surface area contributed by atoms with Gasteiger partial charge in [-0.05, 0) is 45.3 Å². The van der Waals surface area contributed by atoms with Gasteiger partial charge in [-0.3, -0.25) is 9.36 Å². The molecule has 0 aliphatic carbocycles. The molecule has 128 valence electrons. The molecule has 25 heavy (non-hydrogen) atoms. The van der Waals surface area contributed by atoms with E-state index in [0.717, 1.165) is 27.3 Å². The molecule has 1 aliphatic heterocycles. The van der Waals surface area contributed by atoms with Crippen LogP contribution in [0.5, 0.6) is 0 Å². The van der Waals surface area contributed by atoms with Gasteiger partial charge in [0, 0.05) is 17.7 Å². The fraction of sp³-hybridized carbons (Fsp3) is 0.350. The van der Waals surface area contributed by atoms with Gasteiger partial charge < -0.3 is 9.31 Å². The first-order valence-electron chi connectivity index (χ1n) is 8.61. The topological polar surface area (TPSA) is 40.5 Å². The van der Waals surface area contributed by atoms with Gasteiger partial charge in [-0.2, -0.15) is 0 Å². The van der Waals surface area contributed by atoms with Crippen LogP contribution in [0.4, 0.5) is 0 Å². The smallest absolute Gasteiger partial charge is 0.399 e. The van der Waals surface area contributed by atoms with Crippen molar-refractivity contribution in [2.75, 3.05) is 0 Å². The summed E-state index contributed by atoms with van der Waals surface area (Å²) < 4.78 is 14.1. The first-order valence-corrected chi connectivity index (χ1v) is 8.61. The number of aromatic nitrogens is 1. The highest BCUT2D eigenvalue weighted by atomic mass is 16.7. The third-order valence-corrected chi connectivity index (χ3v) is 5.54. The van der Waals surface area contributed by atoms with E-state index in [4.69, 9.17) is 9.31 Å². The lowest BCUT2D eigenvalue weighted by molar-refractivity contribution is 0.00578. The van der Waals surface area contributed by atoms with Gasteiger partial charge in [0.25, 0.3) is 0 Å². The standard InChI is InChI=1S/C20H22BNO3/c1-13(23)22-17-9-7-6-8-15(17)16-12-14(10-11-18(16)22)21-24-19(2,3)20(4,5)25-21/h6-12H,1-5H3. The fourth-order valence-electron chi connectivity index (χ4n) is 3.46. The summed E-state index contributed by atoms with van der Waals surface area (Å²) in [5.41, 5.74) is 2.06. The summed E-state index contributed by atoms with van der Waals surface area (Å²) in [5.74, 6) is 0.00887. The van der Waals surface area contributed by atoms with Crippen molar-refractivity contribution in [3.8, 4) is 0 Å². The Kier molecular flexibility index (Phi) is 3.40. The lowest BCUT2D eigenvalue weighted by Gasteiger charge is -2.32. The van der Waals surface area contributed by atoms with Crippen molar-refractivity contribution < 1.29 is 14.1 Å². The number of carbonyl (C=O) groups excluding carboxylic acids is 1. The quantitative estimate of drug-likeness (QED) is 0.636. The summed E-state index contributed by atoms with van der Waals surface area (Å²) >= 11 is 0. The minimum atomic E-state index is -0.408. The summed E-state index contributed by atoms with van der Waals surface area (Å²) in [7, 11) is -0.408. The zero-order chi connectivity index (χ0) is 18.0. The van der Waals surface area contributed by atoms with Gasteiger partial charge in [-0.15, -0.1) is 0 Å². The largest absolute Gasteiger partial charge is 0.494 e. The molecular formula is C20H22BNO3. The molecule has 1 aromatic heterocycles. The number of hydrogen-bond acceptors (Lipinski definition) is 3. The van der Waals surface area contributed by atoms with Crippen molar-refractivity contribution in [1.29, 1.82) is 0 Å². The van der Waals surface area contributed by atoms with E-state index < -0.39 is 7.12 Å². The second-order valence-corrected chi connectivity index (χ2v) is 7.74. The molecule has 4 rings (SSSR count). The highest BCUT2D eigenvalue weighted by Crippen LogP contribution is 2.37. The molecule has 0 bridgehead atoms. The fourth-order valence-corrected chi connectivity index (χ4v) is 3.46. The van der Waals surface area contributed by atoms with Gasteiger partial charge >= 0.3 is 7.12 Å². The summed E-state index contributed by atoms with van der Waals surface area (Å²) in [5, 5.41) is 2.10. The van der Waals surface area contributed by atoms with Gasteiger partial charge in [-0.25, -0.2) is 0 Å². The number of nitrogens with zero attached hydrogens (tertiary/aromatic N) is 1. The molecule has 0 spiro atoms. The van der Waals surface area contributed by atoms with Crippen LogP contribution < -0.4 is 5.46 Å². The van der Waals surface area contributed by atoms with E-state index >= 15 is 0 Å². The van der Waals surface area contributed by atoms with Crippen LogP contribution in [0, 0.1) is 0 Å². The Bertz CT molecular complexity index is 987. The molecule has 2 aromatic carbocycles. The summed E-state index contributed by atoms with van der Waals surface area (Å²) in [6.07, 6.45) is 0. The van der Waals surface area contributed by atoms with Crippen molar-refractivity contribution in [3.05, 3.63) is 42.5 Å². The highest BCUT2D eigenvalue weighted by Gasteiger charge is 2.51. The SMILES string of the molecule is CC(=O)n1c2ccccc2c2cc(B3OC(C)(C)C(C)(C)O3)ccc21. The van der Waals surface area contributed by atoms with Crippen molar-refractivity contribution in [3.63, 3.8) is 0 Å². The average molecular weight is 335 g/mol. The zero-order valence-electron chi connectivity index (χ0n) is 15.3. The molecule has 5 heteroatoms. The van der Waals surface area contributed by atoms with Gasteiger partial charge in [0.2, 0.25) is 5.91 Å². The van der Waals surface area contributed by atoms with Crippen molar-refractivity contribution in [2.24, 2.45) is 0 Å². The molecule has 1 fully saturated rings. The number of rotatable bonds is 1. The van der Waals surface area contributed by atoms with Crippen LogP contribution in [-0.4, -0.2) is 28.8 Å². The Morgan fingerprint density at radius 2 is 1.52 bits per heavy atom. The molecule has 0 atom stereocenters. The molecule has 0 N–H and O–H groups in total. The normalized spacial score (nSPS) is 19.0. The Labute approximate surface area is 147 Å². The molecule has 0 unspecified atom stereocenters. The van der Waals surface area contributed by atoms with E-state index in [1.54, 1.807) is 11.5 Å². The molecule has 3 aromatic rings. The number of hydrogen-bond donors (Lipinski definition) is 0. The maximum atomic E-state index is 12.2. The second kappa shape index (κ2) is 5.20. The van der Waals surface area contributed by atoms with Gasteiger partial charge in [0.1, 0.15) is 0 Å². The molecular weight excluding hydrogens is 313 g/mol. The van der Waals surface area contributed by atoms with Crippen LogP contribution in [0.2, 0.25) is 0 Å². The van der Waals surface area contributed by atoms with Crippen molar-refractivity contribution in [1.82, 2.24) is 4.57 Å². The van der Waals surface area contributed by atoms with Crippen molar-refractivity contribution in [2.45, 2.75) is 45.8 Å². The Hall–Kier alpha value is -2.11. The Morgan fingerprint density at radius 1 is 0.920 bits per heavy atom.